The summed E-state index contributed by atoms with van der Waals surface area (Å²) >= 11 is 8.12. The van der Waals surface area contributed by atoms with Crippen LogP contribution < -0.4 is 5.32 Å². The molecule has 0 saturated heterocycles. The highest BCUT2D eigenvalue weighted by Gasteiger charge is 2.29. The van der Waals surface area contributed by atoms with E-state index in [2.05, 4.69) is 37.2 Å². The lowest BCUT2D eigenvalue weighted by molar-refractivity contribution is 0.0901. The fourth-order valence-corrected chi connectivity index (χ4v) is 4.23. The monoisotopic (exact) mass is 367 g/mol. The van der Waals surface area contributed by atoms with Gasteiger partial charge in [-0.25, -0.2) is 0 Å². The fourth-order valence-electron chi connectivity index (χ4n) is 1.44. The van der Waals surface area contributed by atoms with E-state index in [0.717, 1.165) is 20.4 Å². The lowest BCUT2D eigenvalue weighted by Gasteiger charge is -2.10. The second-order valence-electron chi connectivity index (χ2n) is 3.85. The first-order valence-corrected chi connectivity index (χ1v) is 7.39. The molecule has 1 atom stereocenters. The van der Waals surface area contributed by atoms with Crippen LogP contribution in [-0.4, -0.2) is 23.7 Å². The minimum atomic E-state index is -0.398. The number of hydrogen-bond acceptors (Lipinski definition) is 3. The molecule has 1 aromatic heterocycles. The maximum absolute atomic E-state index is 11.8. The zero-order valence-electron chi connectivity index (χ0n) is 8.37. The maximum Gasteiger partial charge on any atom is 0.253 e. The highest BCUT2D eigenvalue weighted by Crippen LogP contribution is 2.33. The topological polar surface area (TPSA) is 49.3 Å². The summed E-state index contributed by atoms with van der Waals surface area (Å²) in [5.41, 5.74) is 0.611. The lowest BCUT2D eigenvalue weighted by atomic mass is 10.2. The molecule has 1 heterocycles. The zero-order chi connectivity index (χ0) is 11.7. The number of thiophene rings is 1. The van der Waals surface area contributed by atoms with Gasteiger partial charge in [-0.3, -0.25) is 4.79 Å². The summed E-state index contributed by atoms with van der Waals surface area (Å²) in [6.07, 6.45) is 1.75. The Morgan fingerprint density at radius 1 is 1.62 bits per heavy atom. The summed E-state index contributed by atoms with van der Waals surface area (Å²) in [4.78, 5) is 11.8. The van der Waals surface area contributed by atoms with E-state index in [-0.39, 0.29) is 5.91 Å². The average Bonchev–Trinajstić information content (AvgIpc) is 3.01. The average molecular weight is 369 g/mol. The van der Waals surface area contributed by atoms with Crippen molar-refractivity contribution in [2.24, 2.45) is 5.92 Å². The first-order valence-electron chi connectivity index (χ1n) is 4.99. The minimum absolute atomic E-state index is 0.145. The highest BCUT2D eigenvalue weighted by molar-refractivity contribution is 9.12. The van der Waals surface area contributed by atoms with Crippen molar-refractivity contribution in [3.63, 3.8) is 0 Å². The molecule has 0 radical (unpaired) electrons. The van der Waals surface area contributed by atoms with Crippen molar-refractivity contribution in [2.45, 2.75) is 18.9 Å². The van der Waals surface area contributed by atoms with Crippen LogP contribution in [0.15, 0.2) is 13.6 Å². The lowest BCUT2D eigenvalue weighted by Crippen LogP contribution is -2.33. The van der Waals surface area contributed by atoms with Gasteiger partial charge < -0.3 is 10.4 Å². The van der Waals surface area contributed by atoms with E-state index < -0.39 is 6.10 Å². The molecule has 0 spiro atoms. The molecule has 1 fully saturated rings. The molecule has 1 aromatic rings. The molecule has 0 aromatic carbocycles. The first-order chi connectivity index (χ1) is 7.58. The number of halogens is 2. The number of hydrogen-bond donors (Lipinski definition) is 2. The predicted octanol–water partition coefficient (Wildman–Crippen LogP) is 2.77. The number of aliphatic hydroxyl groups excluding tert-OH is 1. The van der Waals surface area contributed by atoms with Gasteiger partial charge in [0, 0.05) is 6.54 Å². The summed E-state index contributed by atoms with van der Waals surface area (Å²) in [6.45, 7) is 0.337. The molecule has 1 amide bonds. The number of nitrogens with one attached hydrogen (secondary N) is 1. The molecule has 0 aliphatic heterocycles. The van der Waals surface area contributed by atoms with E-state index in [9.17, 15) is 9.90 Å². The Balaban J connectivity index is 1.89. The minimum Gasteiger partial charge on any atom is -0.391 e. The van der Waals surface area contributed by atoms with E-state index in [0.29, 0.717) is 18.0 Å². The summed E-state index contributed by atoms with van der Waals surface area (Å²) < 4.78 is 1.71. The van der Waals surface area contributed by atoms with Gasteiger partial charge in [0.05, 0.1) is 19.2 Å². The Bertz CT molecular complexity index is 404. The van der Waals surface area contributed by atoms with Gasteiger partial charge in [-0.05, 0) is 56.7 Å². The molecule has 88 valence electrons. The third kappa shape index (κ3) is 3.06. The molecule has 16 heavy (non-hydrogen) atoms. The van der Waals surface area contributed by atoms with Crippen LogP contribution in [0.25, 0.3) is 0 Å². The third-order valence-electron chi connectivity index (χ3n) is 2.54. The Kier molecular flexibility index (Phi) is 4.05. The number of carbonyl (C=O) groups is 1. The molecular formula is C10H11Br2NO2S. The Morgan fingerprint density at radius 2 is 2.31 bits per heavy atom. The molecular weight excluding hydrogens is 358 g/mol. The van der Waals surface area contributed by atoms with Crippen molar-refractivity contribution in [1.29, 1.82) is 0 Å². The maximum atomic E-state index is 11.8. The second kappa shape index (κ2) is 5.16. The molecule has 0 bridgehead atoms. The largest absolute Gasteiger partial charge is 0.391 e. The van der Waals surface area contributed by atoms with Crippen LogP contribution in [0.3, 0.4) is 0 Å². The molecule has 1 saturated carbocycles. The van der Waals surface area contributed by atoms with Gasteiger partial charge in [-0.15, -0.1) is 11.3 Å². The number of carbonyl (C=O) groups excluding carboxylic acids is 1. The van der Waals surface area contributed by atoms with Crippen LogP contribution >= 0.6 is 43.2 Å². The molecule has 6 heteroatoms. The van der Waals surface area contributed by atoms with Crippen LogP contribution in [0.1, 0.15) is 23.2 Å². The van der Waals surface area contributed by atoms with Gasteiger partial charge in [-0.2, -0.15) is 0 Å². The van der Waals surface area contributed by atoms with Crippen molar-refractivity contribution in [1.82, 2.24) is 5.32 Å². The summed E-state index contributed by atoms with van der Waals surface area (Å²) in [7, 11) is 0. The van der Waals surface area contributed by atoms with Crippen molar-refractivity contribution in [2.75, 3.05) is 6.54 Å². The van der Waals surface area contributed by atoms with E-state index in [1.54, 1.807) is 6.07 Å². The van der Waals surface area contributed by atoms with Crippen LogP contribution in [0, 0.1) is 5.92 Å². The van der Waals surface area contributed by atoms with Gasteiger partial charge in [0.25, 0.3) is 5.91 Å². The molecule has 3 nitrogen and oxygen atoms in total. The number of amides is 1. The van der Waals surface area contributed by atoms with Crippen molar-refractivity contribution in [3.05, 3.63) is 19.2 Å². The normalized spacial score (nSPS) is 17.2. The van der Waals surface area contributed by atoms with E-state index >= 15 is 0 Å². The third-order valence-corrected chi connectivity index (χ3v) is 4.88. The van der Waals surface area contributed by atoms with Crippen molar-refractivity contribution < 1.29 is 9.90 Å². The Morgan fingerprint density at radius 3 is 2.81 bits per heavy atom. The first kappa shape index (κ1) is 12.5. The van der Waals surface area contributed by atoms with Crippen molar-refractivity contribution >= 4 is 49.1 Å². The van der Waals surface area contributed by atoms with E-state index in [4.69, 9.17) is 0 Å². The van der Waals surface area contributed by atoms with Crippen LogP contribution in [0.5, 0.6) is 0 Å². The number of aliphatic hydroxyl groups is 1. The summed E-state index contributed by atoms with van der Waals surface area (Å²) in [5, 5.41) is 12.4. The quantitative estimate of drug-likeness (QED) is 0.858. The Labute approximate surface area is 114 Å². The zero-order valence-corrected chi connectivity index (χ0v) is 12.4. The Hall–Kier alpha value is 0.0900. The smallest absolute Gasteiger partial charge is 0.253 e. The van der Waals surface area contributed by atoms with E-state index in [1.165, 1.54) is 11.3 Å². The molecule has 2 N–H and O–H groups in total. The van der Waals surface area contributed by atoms with E-state index in [1.807, 2.05) is 0 Å². The van der Waals surface area contributed by atoms with Crippen LogP contribution in [-0.2, 0) is 0 Å². The standard InChI is InChI=1S/C10H11Br2NO2S/c11-8-3-6(9(12)16-8)10(15)13-4-7(14)5-1-2-5/h3,5,7,14H,1-2,4H2,(H,13,15). The second-order valence-corrected chi connectivity index (χ2v) is 7.60. The molecule has 1 aliphatic rings. The summed E-state index contributed by atoms with van der Waals surface area (Å²) in [5.74, 6) is 0.242. The molecule has 2 rings (SSSR count). The molecule has 1 unspecified atom stereocenters. The van der Waals surface area contributed by atoms with Gasteiger partial charge >= 0.3 is 0 Å². The van der Waals surface area contributed by atoms with Gasteiger partial charge in [0.2, 0.25) is 0 Å². The molecule has 1 aliphatic carbocycles. The predicted molar refractivity (Wildman–Crippen MR) is 70.8 cm³/mol. The van der Waals surface area contributed by atoms with Crippen LogP contribution in [0.2, 0.25) is 0 Å². The number of rotatable bonds is 4. The van der Waals surface area contributed by atoms with Gasteiger partial charge in [0.1, 0.15) is 0 Å². The van der Waals surface area contributed by atoms with Crippen LogP contribution in [0.4, 0.5) is 0 Å². The fraction of sp³-hybridized carbons (Fsp3) is 0.500. The summed E-state index contributed by atoms with van der Waals surface area (Å²) in [6, 6.07) is 1.77. The van der Waals surface area contributed by atoms with Gasteiger partial charge in [0.15, 0.2) is 0 Å². The van der Waals surface area contributed by atoms with Crippen molar-refractivity contribution in [3.8, 4) is 0 Å². The SMILES string of the molecule is O=C(NCC(O)C1CC1)c1cc(Br)sc1Br. The van der Waals surface area contributed by atoms with Gasteiger partial charge in [-0.1, -0.05) is 0 Å². The highest BCUT2D eigenvalue weighted by atomic mass is 79.9.